The zero-order valence-corrected chi connectivity index (χ0v) is 11.2. The Morgan fingerprint density at radius 2 is 2.21 bits per heavy atom. The van der Waals surface area contributed by atoms with Crippen molar-refractivity contribution >= 4 is 23.2 Å². The zero-order chi connectivity index (χ0) is 13.8. The van der Waals surface area contributed by atoms with E-state index in [1.54, 1.807) is 30.6 Å². The van der Waals surface area contributed by atoms with Crippen LogP contribution in [0.15, 0.2) is 42.7 Å². The topological polar surface area (TPSA) is 68.0 Å². The minimum absolute atomic E-state index is 0.153. The molecular formula is C14H14ClN3O. The van der Waals surface area contributed by atoms with Crippen molar-refractivity contribution in [3.63, 3.8) is 0 Å². The molecule has 1 atom stereocenters. The fourth-order valence-electron chi connectivity index (χ4n) is 1.71. The van der Waals surface area contributed by atoms with Crippen LogP contribution in [0.3, 0.4) is 0 Å². The molecule has 1 amide bonds. The molecule has 1 aromatic carbocycles. The van der Waals surface area contributed by atoms with Crippen molar-refractivity contribution in [3.8, 4) is 0 Å². The van der Waals surface area contributed by atoms with Crippen molar-refractivity contribution in [2.45, 2.75) is 13.0 Å². The van der Waals surface area contributed by atoms with Crippen LogP contribution < -0.4 is 11.1 Å². The molecule has 0 aliphatic heterocycles. The minimum atomic E-state index is -0.253. The van der Waals surface area contributed by atoms with Gasteiger partial charge in [-0.05, 0) is 36.8 Å². The van der Waals surface area contributed by atoms with Crippen LogP contribution in [-0.4, -0.2) is 10.9 Å². The molecule has 4 nitrogen and oxygen atoms in total. The molecule has 3 N–H and O–H groups in total. The van der Waals surface area contributed by atoms with Gasteiger partial charge in [0.05, 0.1) is 11.6 Å². The molecule has 1 heterocycles. The van der Waals surface area contributed by atoms with E-state index in [1.165, 1.54) is 0 Å². The van der Waals surface area contributed by atoms with Crippen LogP contribution in [0, 0.1) is 0 Å². The summed E-state index contributed by atoms with van der Waals surface area (Å²) in [5.74, 6) is -0.253. The second-order valence-corrected chi connectivity index (χ2v) is 4.65. The summed E-state index contributed by atoms with van der Waals surface area (Å²) in [5.41, 5.74) is 7.48. The van der Waals surface area contributed by atoms with E-state index in [0.717, 1.165) is 5.56 Å². The van der Waals surface area contributed by atoms with Gasteiger partial charge in [0, 0.05) is 23.1 Å². The molecular weight excluding hydrogens is 262 g/mol. The fraction of sp³-hybridized carbons (Fsp3) is 0.143. The predicted octanol–water partition coefficient (Wildman–Crippen LogP) is 2.81. The summed E-state index contributed by atoms with van der Waals surface area (Å²) in [6, 6.07) is 8.40. The van der Waals surface area contributed by atoms with Gasteiger partial charge in [-0.25, -0.2) is 0 Å². The van der Waals surface area contributed by atoms with Crippen molar-refractivity contribution < 1.29 is 4.79 Å². The molecule has 0 saturated carbocycles. The number of hydrogen-bond acceptors (Lipinski definition) is 3. The highest BCUT2D eigenvalue weighted by Gasteiger charge is 2.14. The molecule has 0 saturated heterocycles. The molecule has 0 bridgehead atoms. The number of anilines is 1. The van der Waals surface area contributed by atoms with E-state index in [4.69, 9.17) is 17.3 Å². The predicted molar refractivity (Wildman–Crippen MR) is 76.0 cm³/mol. The maximum atomic E-state index is 12.1. The molecule has 5 heteroatoms. The standard InChI is InChI=1S/C14H14ClN3O/c1-9(10-3-2-6-17-8-10)18-14(19)12-7-11(15)4-5-13(12)16/h2-9H,16H2,1H3,(H,18,19). The molecule has 2 rings (SSSR count). The number of nitrogen functional groups attached to an aromatic ring is 1. The van der Waals surface area contributed by atoms with Gasteiger partial charge >= 0.3 is 0 Å². The van der Waals surface area contributed by atoms with Crippen LogP contribution in [0.2, 0.25) is 5.02 Å². The number of hydrogen-bond donors (Lipinski definition) is 2. The molecule has 0 radical (unpaired) electrons. The lowest BCUT2D eigenvalue weighted by molar-refractivity contribution is 0.0940. The van der Waals surface area contributed by atoms with E-state index >= 15 is 0 Å². The second kappa shape index (κ2) is 5.71. The van der Waals surface area contributed by atoms with Gasteiger partial charge in [-0.1, -0.05) is 17.7 Å². The third-order valence-corrected chi connectivity index (χ3v) is 3.03. The van der Waals surface area contributed by atoms with E-state index in [9.17, 15) is 4.79 Å². The number of aromatic nitrogens is 1. The molecule has 0 fully saturated rings. The first-order valence-corrected chi connectivity index (χ1v) is 6.21. The van der Waals surface area contributed by atoms with E-state index < -0.39 is 0 Å². The summed E-state index contributed by atoms with van der Waals surface area (Å²) in [4.78, 5) is 16.2. The summed E-state index contributed by atoms with van der Waals surface area (Å²) in [6.45, 7) is 1.88. The van der Waals surface area contributed by atoms with Crippen molar-refractivity contribution in [3.05, 3.63) is 58.9 Å². The fourth-order valence-corrected chi connectivity index (χ4v) is 1.89. The highest BCUT2D eigenvalue weighted by molar-refractivity contribution is 6.31. The summed E-state index contributed by atoms with van der Waals surface area (Å²) in [6.07, 6.45) is 3.40. The number of nitrogens with zero attached hydrogens (tertiary/aromatic N) is 1. The van der Waals surface area contributed by atoms with Gasteiger partial charge in [0.2, 0.25) is 0 Å². The average molecular weight is 276 g/mol. The Kier molecular flexibility index (Phi) is 4.02. The Hall–Kier alpha value is -2.07. The van der Waals surface area contributed by atoms with Crippen LogP contribution in [0.25, 0.3) is 0 Å². The van der Waals surface area contributed by atoms with Gasteiger partial charge < -0.3 is 11.1 Å². The average Bonchev–Trinajstić information content (AvgIpc) is 2.42. The smallest absolute Gasteiger partial charge is 0.253 e. The highest BCUT2D eigenvalue weighted by Crippen LogP contribution is 2.19. The quantitative estimate of drug-likeness (QED) is 0.847. The molecule has 0 aliphatic rings. The first-order valence-electron chi connectivity index (χ1n) is 5.83. The molecule has 1 aromatic heterocycles. The van der Waals surface area contributed by atoms with E-state index in [2.05, 4.69) is 10.3 Å². The Balaban J connectivity index is 2.15. The summed E-state index contributed by atoms with van der Waals surface area (Å²) in [5, 5.41) is 3.34. The number of carbonyl (C=O) groups is 1. The minimum Gasteiger partial charge on any atom is -0.398 e. The first kappa shape index (κ1) is 13.4. The van der Waals surface area contributed by atoms with Gasteiger partial charge in [0.1, 0.15) is 0 Å². The number of pyridine rings is 1. The normalized spacial score (nSPS) is 11.9. The third kappa shape index (κ3) is 3.23. The number of carbonyl (C=O) groups excluding carboxylic acids is 1. The lowest BCUT2D eigenvalue weighted by atomic mass is 10.1. The van der Waals surface area contributed by atoms with Crippen LogP contribution >= 0.6 is 11.6 Å². The van der Waals surface area contributed by atoms with Crippen LogP contribution in [0.1, 0.15) is 28.9 Å². The number of amides is 1. The lowest BCUT2D eigenvalue weighted by Crippen LogP contribution is -2.27. The van der Waals surface area contributed by atoms with Gasteiger partial charge in [0.15, 0.2) is 0 Å². The molecule has 0 spiro atoms. The largest absolute Gasteiger partial charge is 0.398 e. The van der Waals surface area contributed by atoms with Gasteiger partial charge in [-0.3, -0.25) is 9.78 Å². The summed E-state index contributed by atoms with van der Waals surface area (Å²) >= 11 is 5.87. The van der Waals surface area contributed by atoms with Crippen molar-refractivity contribution in [2.75, 3.05) is 5.73 Å². The number of benzene rings is 1. The molecule has 0 aliphatic carbocycles. The molecule has 98 valence electrons. The highest BCUT2D eigenvalue weighted by atomic mass is 35.5. The van der Waals surface area contributed by atoms with Gasteiger partial charge in [0.25, 0.3) is 5.91 Å². The maximum absolute atomic E-state index is 12.1. The summed E-state index contributed by atoms with van der Waals surface area (Å²) in [7, 11) is 0. The van der Waals surface area contributed by atoms with Gasteiger partial charge in [-0.2, -0.15) is 0 Å². The Morgan fingerprint density at radius 3 is 2.89 bits per heavy atom. The van der Waals surface area contributed by atoms with Crippen molar-refractivity contribution in [1.29, 1.82) is 0 Å². The second-order valence-electron chi connectivity index (χ2n) is 4.21. The maximum Gasteiger partial charge on any atom is 0.253 e. The van der Waals surface area contributed by atoms with E-state index in [1.807, 2.05) is 19.1 Å². The Labute approximate surface area is 116 Å². The summed E-state index contributed by atoms with van der Waals surface area (Å²) < 4.78 is 0. The van der Waals surface area contributed by atoms with Crippen LogP contribution in [0.4, 0.5) is 5.69 Å². The number of nitrogens with one attached hydrogen (secondary N) is 1. The Bertz CT molecular complexity index is 586. The molecule has 2 aromatic rings. The zero-order valence-electron chi connectivity index (χ0n) is 10.4. The third-order valence-electron chi connectivity index (χ3n) is 2.79. The van der Waals surface area contributed by atoms with E-state index in [-0.39, 0.29) is 11.9 Å². The van der Waals surface area contributed by atoms with E-state index in [0.29, 0.717) is 16.3 Å². The number of rotatable bonds is 3. The van der Waals surface area contributed by atoms with Crippen molar-refractivity contribution in [1.82, 2.24) is 10.3 Å². The van der Waals surface area contributed by atoms with Crippen LogP contribution in [0.5, 0.6) is 0 Å². The van der Waals surface area contributed by atoms with Crippen LogP contribution in [-0.2, 0) is 0 Å². The number of nitrogens with two attached hydrogens (primary N) is 1. The Morgan fingerprint density at radius 1 is 1.42 bits per heavy atom. The lowest BCUT2D eigenvalue weighted by Gasteiger charge is -2.14. The first-order chi connectivity index (χ1) is 9.08. The van der Waals surface area contributed by atoms with Crippen molar-refractivity contribution in [2.24, 2.45) is 0 Å². The van der Waals surface area contributed by atoms with Gasteiger partial charge in [-0.15, -0.1) is 0 Å². The molecule has 19 heavy (non-hydrogen) atoms. The number of halogens is 1. The SMILES string of the molecule is CC(NC(=O)c1cc(Cl)ccc1N)c1cccnc1. The molecule has 1 unspecified atom stereocenters. The monoisotopic (exact) mass is 275 g/mol.